The molecular weight excluding hydrogens is 420 g/mol. The molecule has 2 aromatic carbocycles. The predicted molar refractivity (Wildman–Crippen MR) is 106 cm³/mol. The van der Waals surface area contributed by atoms with Crippen molar-refractivity contribution in [2.24, 2.45) is 5.10 Å². The number of aromatic nitrogens is 1. The molecule has 0 aliphatic rings. The topological polar surface area (TPSA) is 89.7 Å². The van der Waals surface area contributed by atoms with Gasteiger partial charge in [0.25, 0.3) is 5.69 Å². The van der Waals surface area contributed by atoms with Crippen LogP contribution in [0.15, 0.2) is 57.4 Å². The number of halogens is 1. The number of nitrogens with zero attached hydrogens (tertiary/aromatic N) is 3. The highest BCUT2D eigenvalue weighted by molar-refractivity contribution is 9.10. The van der Waals surface area contributed by atoms with E-state index in [1.165, 1.54) is 23.5 Å². The summed E-state index contributed by atoms with van der Waals surface area (Å²) in [5.74, 6) is 0.704. The van der Waals surface area contributed by atoms with Gasteiger partial charge < -0.3 is 4.74 Å². The highest BCUT2D eigenvalue weighted by atomic mass is 79.9. The summed E-state index contributed by atoms with van der Waals surface area (Å²) >= 11 is 4.77. The van der Waals surface area contributed by atoms with Crippen molar-refractivity contribution in [3.63, 3.8) is 0 Å². The normalized spacial score (nSPS) is 10.8. The van der Waals surface area contributed by atoms with Gasteiger partial charge in [-0.15, -0.1) is 11.3 Å². The second-order valence-electron chi connectivity index (χ2n) is 5.10. The molecule has 1 aromatic heterocycles. The number of non-ortho nitro benzene ring substituents is 1. The van der Waals surface area contributed by atoms with Gasteiger partial charge in [0.15, 0.2) is 0 Å². The Hall–Kier alpha value is -2.78. The maximum atomic E-state index is 10.9. The van der Waals surface area contributed by atoms with E-state index in [2.05, 4.69) is 31.4 Å². The van der Waals surface area contributed by atoms with Crippen LogP contribution >= 0.6 is 27.3 Å². The van der Waals surface area contributed by atoms with Gasteiger partial charge in [0.1, 0.15) is 5.75 Å². The molecule has 0 amide bonds. The van der Waals surface area contributed by atoms with Crippen molar-refractivity contribution in [1.29, 1.82) is 0 Å². The maximum absolute atomic E-state index is 10.9. The van der Waals surface area contributed by atoms with Gasteiger partial charge in [-0.25, -0.2) is 4.98 Å². The fourth-order valence-corrected chi connectivity index (χ4v) is 3.25. The van der Waals surface area contributed by atoms with E-state index in [9.17, 15) is 10.1 Å². The van der Waals surface area contributed by atoms with Crippen molar-refractivity contribution in [2.75, 3.05) is 12.5 Å². The molecule has 9 heteroatoms. The van der Waals surface area contributed by atoms with E-state index in [0.29, 0.717) is 22.1 Å². The third kappa shape index (κ3) is 4.24. The number of ether oxygens (including phenoxy) is 1. The monoisotopic (exact) mass is 432 g/mol. The van der Waals surface area contributed by atoms with E-state index in [0.717, 1.165) is 10.0 Å². The number of anilines is 1. The number of thiazole rings is 1. The molecule has 1 N–H and O–H groups in total. The fraction of sp³-hybridized carbons (Fsp3) is 0.0588. The Morgan fingerprint density at radius 1 is 1.35 bits per heavy atom. The quantitative estimate of drug-likeness (QED) is 0.338. The van der Waals surface area contributed by atoms with Gasteiger partial charge in [-0.2, -0.15) is 5.10 Å². The number of hydrazone groups is 1. The van der Waals surface area contributed by atoms with Crippen molar-refractivity contribution < 1.29 is 9.66 Å². The van der Waals surface area contributed by atoms with Crippen molar-refractivity contribution in [3.05, 3.63) is 68.0 Å². The molecule has 0 unspecified atom stereocenters. The zero-order chi connectivity index (χ0) is 18.5. The van der Waals surface area contributed by atoms with Crippen molar-refractivity contribution in [3.8, 4) is 17.0 Å². The second-order valence-corrected chi connectivity index (χ2v) is 6.88. The van der Waals surface area contributed by atoms with Gasteiger partial charge in [0, 0.05) is 33.1 Å². The molecule has 0 radical (unpaired) electrons. The van der Waals surface area contributed by atoms with Crippen LogP contribution < -0.4 is 10.2 Å². The Kier molecular flexibility index (Phi) is 5.59. The molecule has 0 bridgehead atoms. The van der Waals surface area contributed by atoms with E-state index in [1.54, 1.807) is 25.5 Å². The maximum Gasteiger partial charge on any atom is 0.270 e. The van der Waals surface area contributed by atoms with Crippen LogP contribution in [0.3, 0.4) is 0 Å². The molecular formula is C17H13BrN4O3S. The van der Waals surface area contributed by atoms with Gasteiger partial charge in [0.2, 0.25) is 5.13 Å². The molecule has 0 atom stereocenters. The molecule has 0 aliphatic carbocycles. The summed E-state index contributed by atoms with van der Waals surface area (Å²) in [6.45, 7) is 0. The number of hydrogen-bond donors (Lipinski definition) is 1. The number of benzene rings is 2. The minimum absolute atomic E-state index is 0.0322. The summed E-state index contributed by atoms with van der Waals surface area (Å²) < 4.78 is 6.21. The zero-order valence-electron chi connectivity index (χ0n) is 13.5. The Bertz CT molecular complexity index is 974. The van der Waals surface area contributed by atoms with Gasteiger partial charge in [-0.1, -0.05) is 28.1 Å². The van der Waals surface area contributed by atoms with E-state index in [1.807, 2.05) is 23.6 Å². The van der Waals surface area contributed by atoms with Gasteiger partial charge in [-0.3, -0.25) is 15.5 Å². The summed E-state index contributed by atoms with van der Waals surface area (Å²) in [5.41, 5.74) is 5.04. The zero-order valence-corrected chi connectivity index (χ0v) is 16.0. The molecule has 7 nitrogen and oxygen atoms in total. The lowest BCUT2D eigenvalue weighted by Crippen LogP contribution is -1.94. The van der Waals surface area contributed by atoms with Crippen LogP contribution in [0.5, 0.6) is 5.75 Å². The minimum atomic E-state index is -0.426. The lowest BCUT2D eigenvalue weighted by Gasteiger charge is -2.04. The van der Waals surface area contributed by atoms with Crippen molar-refractivity contribution in [1.82, 2.24) is 4.98 Å². The van der Waals surface area contributed by atoms with Gasteiger partial charge >= 0.3 is 0 Å². The lowest BCUT2D eigenvalue weighted by atomic mass is 10.1. The molecule has 3 aromatic rings. The molecule has 26 heavy (non-hydrogen) atoms. The molecule has 3 rings (SSSR count). The third-order valence-electron chi connectivity index (χ3n) is 3.41. The largest absolute Gasteiger partial charge is 0.496 e. The molecule has 0 saturated heterocycles. The SMILES string of the molecule is COc1ccc(Br)cc1/C=N\Nc1nc(-c2cccc([N+](=O)[O-])c2)cs1. The summed E-state index contributed by atoms with van der Waals surface area (Å²) in [4.78, 5) is 14.9. The Morgan fingerprint density at radius 3 is 2.96 bits per heavy atom. The van der Waals surface area contributed by atoms with Crippen LogP contribution in [-0.2, 0) is 0 Å². The molecule has 0 saturated carbocycles. The minimum Gasteiger partial charge on any atom is -0.496 e. The van der Waals surface area contributed by atoms with Crippen LogP contribution in [0.2, 0.25) is 0 Å². The molecule has 0 spiro atoms. The number of methoxy groups -OCH3 is 1. The van der Waals surface area contributed by atoms with Gasteiger partial charge in [-0.05, 0) is 18.2 Å². The van der Waals surface area contributed by atoms with E-state index >= 15 is 0 Å². The summed E-state index contributed by atoms with van der Waals surface area (Å²) in [6, 6.07) is 12.0. The Labute approximate surface area is 161 Å². The average molecular weight is 433 g/mol. The number of hydrogen-bond acceptors (Lipinski definition) is 7. The first kappa shape index (κ1) is 18.0. The summed E-state index contributed by atoms with van der Waals surface area (Å²) in [5, 5.41) is 17.5. The average Bonchev–Trinajstić information content (AvgIpc) is 3.11. The lowest BCUT2D eigenvalue weighted by molar-refractivity contribution is -0.384. The van der Waals surface area contributed by atoms with Crippen LogP contribution in [0.25, 0.3) is 11.3 Å². The number of nitrogens with one attached hydrogen (secondary N) is 1. The van der Waals surface area contributed by atoms with E-state index in [4.69, 9.17) is 4.74 Å². The third-order valence-corrected chi connectivity index (χ3v) is 4.65. The van der Waals surface area contributed by atoms with Crippen LogP contribution in [0.4, 0.5) is 10.8 Å². The number of nitro benzene ring substituents is 1. The molecule has 1 heterocycles. The Morgan fingerprint density at radius 2 is 2.19 bits per heavy atom. The Balaban J connectivity index is 1.74. The second kappa shape index (κ2) is 8.07. The smallest absolute Gasteiger partial charge is 0.270 e. The summed E-state index contributed by atoms with van der Waals surface area (Å²) in [7, 11) is 1.60. The first-order valence-electron chi connectivity index (χ1n) is 7.40. The first-order valence-corrected chi connectivity index (χ1v) is 9.07. The first-order chi connectivity index (χ1) is 12.6. The molecule has 132 valence electrons. The van der Waals surface area contributed by atoms with Crippen molar-refractivity contribution in [2.45, 2.75) is 0 Å². The molecule has 0 fully saturated rings. The van der Waals surface area contributed by atoms with Crippen LogP contribution in [0, 0.1) is 10.1 Å². The van der Waals surface area contributed by atoms with Gasteiger partial charge in [0.05, 0.1) is 23.9 Å². The highest BCUT2D eigenvalue weighted by Gasteiger charge is 2.09. The number of rotatable bonds is 6. The van der Waals surface area contributed by atoms with E-state index in [-0.39, 0.29) is 5.69 Å². The van der Waals surface area contributed by atoms with Crippen LogP contribution in [-0.4, -0.2) is 23.2 Å². The highest BCUT2D eigenvalue weighted by Crippen LogP contribution is 2.27. The fourth-order valence-electron chi connectivity index (χ4n) is 2.20. The van der Waals surface area contributed by atoms with Crippen molar-refractivity contribution >= 4 is 44.3 Å². The predicted octanol–water partition coefficient (Wildman–Crippen LogP) is 4.94. The number of nitro groups is 1. The molecule has 0 aliphatic heterocycles. The van der Waals surface area contributed by atoms with Crippen LogP contribution in [0.1, 0.15) is 5.56 Å². The standard InChI is InChI=1S/C17H13BrN4O3S/c1-25-16-6-5-13(18)7-12(16)9-19-21-17-20-15(10-26-17)11-3-2-4-14(8-11)22(23)24/h2-10H,1H3,(H,20,21)/b19-9-. The summed E-state index contributed by atoms with van der Waals surface area (Å²) in [6.07, 6.45) is 1.64. The van der Waals surface area contributed by atoms with E-state index < -0.39 is 4.92 Å².